The van der Waals surface area contributed by atoms with Crippen LogP contribution in [0, 0.1) is 5.92 Å². The Bertz CT molecular complexity index is 314. The van der Waals surface area contributed by atoms with Crippen molar-refractivity contribution in [3.8, 4) is 0 Å². The summed E-state index contributed by atoms with van der Waals surface area (Å²) in [6.45, 7) is 14.5. The molecule has 0 bridgehead atoms. The molecule has 5 heteroatoms. The van der Waals surface area contributed by atoms with Crippen LogP contribution in [0.5, 0.6) is 0 Å². The normalized spacial score (nSPS) is 15.2. The van der Waals surface area contributed by atoms with Crippen molar-refractivity contribution < 1.29 is 9.09 Å². The van der Waals surface area contributed by atoms with E-state index in [1.165, 1.54) is 0 Å². The fourth-order valence-corrected chi connectivity index (χ4v) is 6.85. The third kappa shape index (κ3) is 10.3. The van der Waals surface area contributed by atoms with Crippen LogP contribution in [0.1, 0.15) is 67.7 Å². The topological polar surface area (TPSA) is 29.5 Å². The predicted molar refractivity (Wildman–Crippen MR) is 102 cm³/mol. The van der Waals surface area contributed by atoms with E-state index in [4.69, 9.17) is 4.52 Å². The fraction of sp³-hybridized carbons (Fsp3) is 1.00. The van der Waals surface area contributed by atoms with Gasteiger partial charge in [-0.2, -0.15) is 0 Å². The van der Waals surface area contributed by atoms with Crippen LogP contribution in [0.2, 0.25) is 0 Å². The average molecular weight is 352 g/mol. The highest BCUT2D eigenvalue weighted by Crippen LogP contribution is 2.60. The van der Waals surface area contributed by atoms with Gasteiger partial charge in [0.1, 0.15) is 0 Å². The van der Waals surface area contributed by atoms with Crippen molar-refractivity contribution >= 4 is 18.0 Å². The Morgan fingerprint density at radius 1 is 1.09 bits per heavy atom. The van der Waals surface area contributed by atoms with Crippen molar-refractivity contribution in [2.45, 2.75) is 79.8 Å². The molecule has 3 nitrogen and oxygen atoms in total. The molecule has 1 unspecified atom stereocenters. The molecular formula is C17H38NO2PS. The van der Waals surface area contributed by atoms with Gasteiger partial charge in [0, 0.05) is 30.5 Å². The molecule has 0 N–H and O–H groups in total. The SMILES string of the molecule is CCCP(=O)(OCCCC(C)C)SCCN(C(C)C)C(C)C. The molecule has 22 heavy (non-hydrogen) atoms. The summed E-state index contributed by atoms with van der Waals surface area (Å²) < 4.78 is 18.7. The highest BCUT2D eigenvalue weighted by Gasteiger charge is 2.23. The fourth-order valence-electron chi connectivity index (χ4n) is 2.53. The molecule has 0 radical (unpaired) electrons. The monoisotopic (exact) mass is 351 g/mol. The molecule has 0 amide bonds. The lowest BCUT2D eigenvalue weighted by Crippen LogP contribution is -2.38. The summed E-state index contributed by atoms with van der Waals surface area (Å²) in [5, 5.41) is 0. The molecule has 0 fully saturated rings. The molecular weight excluding hydrogens is 313 g/mol. The van der Waals surface area contributed by atoms with E-state index in [1.54, 1.807) is 11.4 Å². The second-order valence-corrected chi connectivity index (χ2v) is 12.0. The smallest absolute Gasteiger partial charge is 0.257 e. The van der Waals surface area contributed by atoms with Crippen LogP contribution in [-0.2, 0) is 9.09 Å². The van der Waals surface area contributed by atoms with Gasteiger partial charge in [0.25, 0.3) is 6.57 Å². The summed E-state index contributed by atoms with van der Waals surface area (Å²) in [7, 11) is 0. The summed E-state index contributed by atoms with van der Waals surface area (Å²) in [6, 6.07) is 1.05. The van der Waals surface area contributed by atoms with E-state index in [9.17, 15) is 4.57 Å². The van der Waals surface area contributed by atoms with Gasteiger partial charge in [0.15, 0.2) is 0 Å². The first kappa shape index (κ1) is 22.5. The molecule has 0 saturated carbocycles. The average Bonchev–Trinajstić information content (AvgIpc) is 2.39. The van der Waals surface area contributed by atoms with Crippen LogP contribution in [0.25, 0.3) is 0 Å². The van der Waals surface area contributed by atoms with E-state index in [1.807, 2.05) is 0 Å². The largest absolute Gasteiger partial charge is 0.321 e. The maximum absolute atomic E-state index is 12.9. The van der Waals surface area contributed by atoms with Crippen molar-refractivity contribution in [1.82, 2.24) is 4.90 Å². The van der Waals surface area contributed by atoms with Gasteiger partial charge < -0.3 is 4.52 Å². The zero-order valence-corrected chi connectivity index (χ0v) is 17.5. The highest BCUT2D eigenvalue weighted by atomic mass is 32.7. The van der Waals surface area contributed by atoms with E-state index in [-0.39, 0.29) is 0 Å². The van der Waals surface area contributed by atoms with Crippen LogP contribution in [0.15, 0.2) is 0 Å². The number of nitrogens with zero attached hydrogens (tertiary/aromatic N) is 1. The van der Waals surface area contributed by atoms with E-state index >= 15 is 0 Å². The molecule has 0 aromatic rings. The lowest BCUT2D eigenvalue weighted by Gasteiger charge is -2.30. The number of hydrogen-bond acceptors (Lipinski definition) is 4. The first-order valence-corrected chi connectivity index (χ1v) is 12.3. The van der Waals surface area contributed by atoms with Gasteiger partial charge >= 0.3 is 0 Å². The van der Waals surface area contributed by atoms with Gasteiger partial charge in [-0.1, -0.05) is 32.2 Å². The van der Waals surface area contributed by atoms with E-state index in [0.29, 0.717) is 30.8 Å². The Morgan fingerprint density at radius 2 is 1.68 bits per heavy atom. The Kier molecular flexibility index (Phi) is 12.2. The predicted octanol–water partition coefficient (Wildman–Crippen LogP) is 5.89. The van der Waals surface area contributed by atoms with E-state index < -0.39 is 6.57 Å². The van der Waals surface area contributed by atoms with Crippen LogP contribution in [-0.4, -0.2) is 42.0 Å². The van der Waals surface area contributed by atoms with Gasteiger partial charge in [-0.3, -0.25) is 9.46 Å². The second-order valence-electron chi connectivity index (χ2n) is 6.96. The lowest BCUT2D eigenvalue weighted by molar-refractivity contribution is 0.187. The molecule has 0 rings (SSSR count). The summed E-state index contributed by atoms with van der Waals surface area (Å²) in [5.74, 6) is 1.57. The second kappa shape index (κ2) is 11.9. The van der Waals surface area contributed by atoms with Gasteiger partial charge in [0.05, 0.1) is 6.61 Å². The molecule has 0 aromatic heterocycles. The Morgan fingerprint density at radius 3 is 2.14 bits per heavy atom. The summed E-state index contributed by atoms with van der Waals surface area (Å²) in [6.07, 6.45) is 3.77. The molecule has 1 atom stereocenters. The third-order valence-electron chi connectivity index (χ3n) is 3.68. The highest BCUT2D eigenvalue weighted by molar-refractivity contribution is 8.56. The maximum Gasteiger partial charge on any atom is 0.257 e. The maximum atomic E-state index is 12.9. The number of hydrogen-bond donors (Lipinski definition) is 0. The minimum atomic E-state index is -2.51. The molecule has 0 aromatic carbocycles. The van der Waals surface area contributed by atoms with Crippen LogP contribution >= 0.6 is 18.0 Å². The van der Waals surface area contributed by atoms with Gasteiger partial charge in [-0.15, -0.1) is 0 Å². The quantitative estimate of drug-likeness (QED) is 0.305. The first-order chi connectivity index (χ1) is 10.2. The van der Waals surface area contributed by atoms with Crippen LogP contribution < -0.4 is 0 Å². The van der Waals surface area contributed by atoms with E-state index in [2.05, 4.69) is 53.4 Å². The molecule has 0 heterocycles. The number of rotatable bonds is 13. The van der Waals surface area contributed by atoms with Gasteiger partial charge in [-0.25, -0.2) is 0 Å². The van der Waals surface area contributed by atoms with Crippen molar-refractivity contribution in [2.75, 3.05) is 25.1 Å². The Hall–Kier alpha value is 0.500. The van der Waals surface area contributed by atoms with Crippen LogP contribution in [0.3, 0.4) is 0 Å². The van der Waals surface area contributed by atoms with Crippen molar-refractivity contribution in [2.24, 2.45) is 5.92 Å². The third-order valence-corrected chi connectivity index (χ3v) is 8.60. The summed E-state index contributed by atoms with van der Waals surface area (Å²) in [4.78, 5) is 2.45. The standard InChI is InChI=1S/C17H38NO2PS/c1-8-13-21(19,20-12-9-10-15(2)3)22-14-11-18(16(4)5)17(6)7/h15-17H,8-14H2,1-7H3. The summed E-state index contributed by atoms with van der Waals surface area (Å²) >= 11 is 1.56. The van der Waals surface area contributed by atoms with Crippen molar-refractivity contribution in [3.63, 3.8) is 0 Å². The molecule has 134 valence electrons. The Labute approximate surface area is 143 Å². The van der Waals surface area contributed by atoms with Gasteiger partial charge in [0.2, 0.25) is 0 Å². The molecule has 0 saturated heterocycles. The van der Waals surface area contributed by atoms with E-state index in [0.717, 1.165) is 31.6 Å². The molecule has 0 spiro atoms. The van der Waals surface area contributed by atoms with Gasteiger partial charge in [-0.05, 0) is 52.9 Å². The first-order valence-electron chi connectivity index (χ1n) is 8.85. The van der Waals surface area contributed by atoms with Crippen molar-refractivity contribution in [3.05, 3.63) is 0 Å². The van der Waals surface area contributed by atoms with Crippen LogP contribution in [0.4, 0.5) is 0 Å². The zero-order chi connectivity index (χ0) is 17.2. The van der Waals surface area contributed by atoms with Crippen molar-refractivity contribution in [1.29, 1.82) is 0 Å². The minimum Gasteiger partial charge on any atom is -0.321 e. The Balaban J connectivity index is 4.28. The molecule has 0 aliphatic rings. The zero-order valence-electron chi connectivity index (χ0n) is 15.8. The molecule has 0 aliphatic carbocycles. The lowest BCUT2D eigenvalue weighted by atomic mass is 10.1. The molecule has 0 aliphatic heterocycles. The summed E-state index contributed by atoms with van der Waals surface area (Å²) in [5.41, 5.74) is 0. The minimum absolute atomic E-state index is 0.526.